The summed E-state index contributed by atoms with van der Waals surface area (Å²) in [6, 6.07) is 6.47. The first-order valence-electron chi connectivity index (χ1n) is 7.38. The molecular formula is C16H25NO2S. The van der Waals surface area contributed by atoms with Crippen molar-refractivity contribution in [2.24, 2.45) is 0 Å². The van der Waals surface area contributed by atoms with Gasteiger partial charge in [-0.25, -0.2) is 0 Å². The average molecular weight is 295 g/mol. The first-order valence-corrected chi connectivity index (χ1v) is 8.77. The third-order valence-electron chi connectivity index (χ3n) is 3.67. The summed E-state index contributed by atoms with van der Waals surface area (Å²) >= 11 is 1.93. The Bertz CT molecular complexity index is 411. The van der Waals surface area contributed by atoms with E-state index in [4.69, 9.17) is 9.47 Å². The van der Waals surface area contributed by atoms with Crippen LogP contribution in [0.3, 0.4) is 0 Å². The maximum atomic E-state index is 5.71. The van der Waals surface area contributed by atoms with Gasteiger partial charge in [0, 0.05) is 18.0 Å². The van der Waals surface area contributed by atoms with Gasteiger partial charge in [0.1, 0.15) is 11.5 Å². The van der Waals surface area contributed by atoms with Crippen LogP contribution in [-0.4, -0.2) is 32.3 Å². The summed E-state index contributed by atoms with van der Waals surface area (Å²) in [4.78, 5) is 0. The number of rotatable bonds is 8. The van der Waals surface area contributed by atoms with Gasteiger partial charge in [-0.3, -0.25) is 0 Å². The van der Waals surface area contributed by atoms with Crippen LogP contribution in [0, 0.1) is 0 Å². The molecule has 0 bridgehead atoms. The van der Waals surface area contributed by atoms with Crippen LogP contribution in [0.4, 0.5) is 0 Å². The highest BCUT2D eigenvalue weighted by Crippen LogP contribution is 2.34. The van der Waals surface area contributed by atoms with Gasteiger partial charge >= 0.3 is 0 Å². The van der Waals surface area contributed by atoms with Gasteiger partial charge in [-0.05, 0) is 49.6 Å². The Morgan fingerprint density at radius 2 is 2.25 bits per heavy atom. The molecule has 0 fully saturated rings. The Labute approximate surface area is 126 Å². The number of nitrogens with one attached hydrogen (secondary N) is 1. The van der Waals surface area contributed by atoms with Gasteiger partial charge in [0.25, 0.3) is 0 Å². The fraction of sp³-hybridized carbons (Fsp3) is 0.625. The predicted octanol–water partition coefficient (Wildman–Crippen LogP) is 3.64. The maximum absolute atomic E-state index is 5.71. The molecule has 3 nitrogen and oxygen atoms in total. The van der Waals surface area contributed by atoms with Crippen molar-refractivity contribution in [3.8, 4) is 11.5 Å². The average Bonchev–Trinajstić information content (AvgIpc) is 2.50. The molecular weight excluding hydrogens is 270 g/mol. The molecule has 4 heteroatoms. The molecule has 0 saturated heterocycles. The van der Waals surface area contributed by atoms with Crippen molar-refractivity contribution in [1.29, 1.82) is 0 Å². The van der Waals surface area contributed by atoms with Gasteiger partial charge in [0.05, 0.1) is 13.7 Å². The number of ether oxygens (including phenoxy) is 2. The van der Waals surface area contributed by atoms with Gasteiger partial charge in [0.2, 0.25) is 0 Å². The minimum absolute atomic E-state index is 0.398. The second-order valence-electron chi connectivity index (χ2n) is 5.10. The van der Waals surface area contributed by atoms with E-state index in [2.05, 4.69) is 17.6 Å². The summed E-state index contributed by atoms with van der Waals surface area (Å²) in [5.74, 6) is 3.18. The standard InChI is InChI=1S/C16H25NO2S/c1-18-13-6-7-16-14(12-13)15(8-10-19-16)17-9-4-3-5-11-20-2/h6-7,12,15,17H,3-5,8-11H2,1-2H3. The Kier molecular flexibility index (Phi) is 6.54. The molecule has 1 aliphatic rings. The van der Waals surface area contributed by atoms with Gasteiger partial charge < -0.3 is 14.8 Å². The molecule has 1 unspecified atom stereocenters. The predicted molar refractivity (Wildman–Crippen MR) is 86.1 cm³/mol. The lowest BCUT2D eigenvalue weighted by atomic mass is 10.00. The smallest absolute Gasteiger partial charge is 0.124 e. The first kappa shape index (κ1) is 15.5. The molecule has 20 heavy (non-hydrogen) atoms. The highest BCUT2D eigenvalue weighted by atomic mass is 32.2. The monoisotopic (exact) mass is 295 g/mol. The lowest BCUT2D eigenvalue weighted by molar-refractivity contribution is 0.251. The largest absolute Gasteiger partial charge is 0.497 e. The summed E-state index contributed by atoms with van der Waals surface area (Å²) in [6.45, 7) is 1.87. The number of thioether (sulfide) groups is 1. The summed E-state index contributed by atoms with van der Waals surface area (Å²) in [5, 5.41) is 3.66. The van der Waals surface area contributed by atoms with Crippen LogP contribution in [-0.2, 0) is 0 Å². The molecule has 0 aliphatic carbocycles. The molecule has 1 aromatic rings. The second kappa shape index (κ2) is 8.42. The van der Waals surface area contributed by atoms with Gasteiger partial charge in [-0.1, -0.05) is 6.42 Å². The van der Waals surface area contributed by atoms with Crippen molar-refractivity contribution in [1.82, 2.24) is 5.32 Å². The van der Waals surface area contributed by atoms with Crippen LogP contribution in [0.15, 0.2) is 18.2 Å². The molecule has 1 atom stereocenters. The molecule has 1 aliphatic heterocycles. The highest BCUT2D eigenvalue weighted by molar-refractivity contribution is 7.98. The number of hydrogen-bond donors (Lipinski definition) is 1. The molecule has 1 aromatic carbocycles. The van der Waals surface area contributed by atoms with E-state index in [9.17, 15) is 0 Å². The van der Waals surface area contributed by atoms with Crippen LogP contribution >= 0.6 is 11.8 Å². The van der Waals surface area contributed by atoms with E-state index in [0.29, 0.717) is 6.04 Å². The highest BCUT2D eigenvalue weighted by Gasteiger charge is 2.21. The van der Waals surface area contributed by atoms with E-state index < -0.39 is 0 Å². The Hall–Kier alpha value is -0.870. The van der Waals surface area contributed by atoms with Crippen molar-refractivity contribution in [2.75, 3.05) is 32.3 Å². The molecule has 0 aromatic heterocycles. The van der Waals surface area contributed by atoms with Crippen molar-refractivity contribution in [2.45, 2.75) is 31.7 Å². The van der Waals surface area contributed by atoms with Crippen LogP contribution in [0.1, 0.15) is 37.3 Å². The number of hydrogen-bond acceptors (Lipinski definition) is 4. The van der Waals surface area contributed by atoms with E-state index in [1.165, 1.54) is 30.6 Å². The second-order valence-corrected chi connectivity index (χ2v) is 6.09. The van der Waals surface area contributed by atoms with E-state index in [0.717, 1.165) is 31.1 Å². The third-order valence-corrected chi connectivity index (χ3v) is 4.37. The van der Waals surface area contributed by atoms with Crippen LogP contribution in [0.5, 0.6) is 11.5 Å². The van der Waals surface area contributed by atoms with Gasteiger partial charge in [-0.15, -0.1) is 0 Å². The molecule has 1 heterocycles. The van der Waals surface area contributed by atoms with Crippen LogP contribution in [0.2, 0.25) is 0 Å². The Morgan fingerprint density at radius 1 is 1.35 bits per heavy atom. The van der Waals surface area contributed by atoms with Crippen LogP contribution < -0.4 is 14.8 Å². The molecule has 0 saturated carbocycles. The number of methoxy groups -OCH3 is 1. The lowest BCUT2D eigenvalue weighted by Crippen LogP contribution is -2.27. The molecule has 1 N–H and O–H groups in total. The summed E-state index contributed by atoms with van der Waals surface area (Å²) in [6.07, 6.45) is 7.08. The molecule has 112 valence electrons. The Morgan fingerprint density at radius 3 is 3.05 bits per heavy atom. The number of fused-ring (bicyclic) bond motifs is 1. The number of unbranched alkanes of at least 4 members (excludes halogenated alkanes) is 2. The van der Waals surface area contributed by atoms with E-state index in [-0.39, 0.29) is 0 Å². The fourth-order valence-corrected chi connectivity index (χ4v) is 3.03. The fourth-order valence-electron chi connectivity index (χ4n) is 2.54. The van der Waals surface area contributed by atoms with E-state index >= 15 is 0 Å². The zero-order valence-corrected chi connectivity index (χ0v) is 13.3. The molecule has 0 radical (unpaired) electrons. The number of benzene rings is 1. The normalized spacial score (nSPS) is 17.4. The van der Waals surface area contributed by atoms with Gasteiger partial charge in [0.15, 0.2) is 0 Å². The molecule has 0 spiro atoms. The summed E-state index contributed by atoms with van der Waals surface area (Å²) < 4.78 is 11.0. The minimum atomic E-state index is 0.398. The quantitative estimate of drug-likeness (QED) is 0.742. The van der Waals surface area contributed by atoms with Crippen molar-refractivity contribution < 1.29 is 9.47 Å². The topological polar surface area (TPSA) is 30.5 Å². The SMILES string of the molecule is COc1ccc2c(c1)C(NCCCCCSC)CCO2. The molecule has 2 rings (SSSR count). The van der Waals surface area contributed by atoms with Crippen molar-refractivity contribution in [3.63, 3.8) is 0 Å². The lowest BCUT2D eigenvalue weighted by Gasteiger charge is -2.27. The summed E-state index contributed by atoms with van der Waals surface area (Å²) in [5.41, 5.74) is 1.24. The van der Waals surface area contributed by atoms with E-state index in [1.54, 1.807) is 7.11 Å². The molecule has 0 amide bonds. The summed E-state index contributed by atoms with van der Waals surface area (Å²) in [7, 11) is 1.71. The zero-order chi connectivity index (χ0) is 14.2. The maximum Gasteiger partial charge on any atom is 0.124 e. The minimum Gasteiger partial charge on any atom is -0.497 e. The van der Waals surface area contributed by atoms with E-state index in [1.807, 2.05) is 23.9 Å². The third kappa shape index (κ3) is 4.32. The van der Waals surface area contributed by atoms with Crippen molar-refractivity contribution >= 4 is 11.8 Å². The Balaban J connectivity index is 1.84. The van der Waals surface area contributed by atoms with Crippen LogP contribution in [0.25, 0.3) is 0 Å². The van der Waals surface area contributed by atoms with Crippen molar-refractivity contribution in [3.05, 3.63) is 23.8 Å². The zero-order valence-electron chi connectivity index (χ0n) is 12.5. The van der Waals surface area contributed by atoms with Gasteiger partial charge in [-0.2, -0.15) is 11.8 Å². The first-order chi connectivity index (χ1) is 9.85.